The van der Waals surface area contributed by atoms with Crippen molar-refractivity contribution in [3.63, 3.8) is 0 Å². The van der Waals surface area contributed by atoms with Crippen LogP contribution in [0.3, 0.4) is 0 Å². The number of aromatic nitrogens is 2. The molecular formula is C23H27N5O4. The van der Waals surface area contributed by atoms with Crippen LogP contribution in [0.25, 0.3) is 10.9 Å². The number of pyridine rings is 2. The molecule has 0 unspecified atom stereocenters. The third kappa shape index (κ3) is 4.90. The number of nitrogens with zero attached hydrogens (tertiary/aromatic N) is 3. The standard InChI is InChI=1S/C23H27N5O4/c1-27-20-14-21(24-6-7-28-8-10-32-11-9-28)25-15-17(20)13-19(23(27)30)26-22(29)16-4-3-5-18(12-16)31-2/h3-5,12-15H,6-11H2,1-2H3,(H,24,25)(H,26,29). The number of aryl methyl sites for hydroxylation is 1. The van der Waals surface area contributed by atoms with Crippen LogP contribution in [-0.2, 0) is 11.8 Å². The number of morpholine rings is 1. The lowest BCUT2D eigenvalue weighted by Crippen LogP contribution is -2.39. The molecule has 9 nitrogen and oxygen atoms in total. The number of nitrogens with one attached hydrogen (secondary N) is 2. The van der Waals surface area contributed by atoms with E-state index in [4.69, 9.17) is 9.47 Å². The number of carbonyl (C=O) groups excluding carboxylic acids is 1. The summed E-state index contributed by atoms with van der Waals surface area (Å²) in [7, 11) is 3.22. The number of methoxy groups -OCH3 is 1. The maximum absolute atomic E-state index is 12.9. The minimum absolute atomic E-state index is 0.197. The first-order valence-electron chi connectivity index (χ1n) is 10.5. The molecule has 1 saturated heterocycles. The van der Waals surface area contributed by atoms with Crippen LogP contribution in [0.1, 0.15) is 10.4 Å². The molecule has 168 valence electrons. The maximum Gasteiger partial charge on any atom is 0.274 e. The Labute approximate surface area is 186 Å². The highest BCUT2D eigenvalue weighted by Gasteiger charge is 2.14. The van der Waals surface area contributed by atoms with Gasteiger partial charge in [-0.05, 0) is 24.3 Å². The van der Waals surface area contributed by atoms with E-state index in [2.05, 4.69) is 20.5 Å². The normalized spacial score (nSPS) is 14.3. The van der Waals surface area contributed by atoms with Gasteiger partial charge in [0, 0.05) is 56.4 Å². The first-order chi connectivity index (χ1) is 15.5. The molecule has 32 heavy (non-hydrogen) atoms. The Bertz CT molecular complexity index is 1170. The third-order valence-electron chi connectivity index (χ3n) is 5.53. The number of hydrogen-bond donors (Lipinski definition) is 2. The fourth-order valence-electron chi connectivity index (χ4n) is 3.68. The molecular weight excluding hydrogens is 410 g/mol. The minimum atomic E-state index is -0.380. The first kappa shape index (κ1) is 21.8. The summed E-state index contributed by atoms with van der Waals surface area (Å²) in [6.45, 7) is 5.07. The topological polar surface area (TPSA) is 97.7 Å². The fourth-order valence-corrected chi connectivity index (χ4v) is 3.68. The molecule has 0 atom stereocenters. The highest BCUT2D eigenvalue weighted by molar-refractivity contribution is 6.05. The van der Waals surface area contributed by atoms with E-state index in [1.54, 1.807) is 43.6 Å². The molecule has 0 bridgehead atoms. The van der Waals surface area contributed by atoms with Gasteiger partial charge in [-0.25, -0.2) is 4.98 Å². The molecule has 3 heterocycles. The van der Waals surface area contributed by atoms with Gasteiger partial charge in [0.2, 0.25) is 0 Å². The van der Waals surface area contributed by atoms with Gasteiger partial charge >= 0.3 is 0 Å². The molecule has 0 aliphatic carbocycles. The van der Waals surface area contributed by atoms with E-state index in [0.717, 1.165) is 50.3 Å². The van der Waals surface area contributed by atoms with Crippen LogP contribution in [0.15, 0.2) is 47.4 Å². The highest BCUT2D eigenvalue weighted by atomic mass is 16.5. The van der Waals surface area contributed by atoms with Crippen molar-refractivity contribution in [3.05, 3.63) is 58.5 Å². The van der Waals surface area contributed by atoms with Gasteiger partial charge in [-0.15, -0.1) is 0 Å². The lowest BCUT2D eigenvalue weighted by atomic mass is 10.2. The Kier molecular flexibility index (Phi) is 6.67. The smallest absolute Gasteiger partial charge is 0.274 e. The average Bonchev–Trinajstić information content (AvgIpc) is 2.83. The second-order valence-corrected chi connectivity index (χ2v) is 7.62. The molecule has 1 aromatic carbocycles. The summed E-state index contributed by atoms with van der Waals surface area (Å²) in [6.07, 6.45) is 1.70. The Morgan fingerprint density at radius 2 is 2.03 bits per heavy atom. The summed E-state index contributed by atoms with van der Waals surface area (Å²) in [5, 5.41) is 6.78. The molecule has 2 N–H and O–H groups in total. The summed E-state index contributed by atoms with van der Waals surface area (Å²) < 4.78 is 12.0. The lowest BCUT2D eigenvalue weighted by molar-refractivity contribution is 0.0398. The van der Waals surface area contributed by atoms with E-state index >= 15 is 0 Å². The van der Waals surface area contributed by atoms with E-state index in [9.17, 15) is 9.59 Å². The van der Waals surface area contributed by atoms with Crippen LogP contribution in [0.2, 0.25) is 0 Å². The van der Waals surface area contributed by atoms with E-state index in [1.807, 2.05) is 6.07 Å². The van der Waals surface area contributed by atoms with Gasteiger partial charge in [0.15, 0.2) is 0 Å². The van der Waals surface area contributed by atoms with Crippen molar-refractivity contribution in [2.45, 2.75) is 0 Å². The van der Waals surface area contributed by atoms with Gasteiger partial charge < -0.3 is 24.7 Å². The Morgan fingerprint density at radius 3 is 2.81 bits per heavy atom. The maximum atomic E-state index is 12.9. The van der Waals surface area contributed by atoms with Gasteiger partial charge in [-0.2, -0.15) is 0 Å². The number of fused-ring (bicyclic) bond motifs is 1. The monoisotopic (exact) mass is 437 g/mol. The van der Waals surface area contributed by atoms with Crippen molar-refractivity contribution < 1.29 is 14.3 Å². The zero-order chi connectivity index (χ0) is 22.5. The van der Waals surface area contributed by atoms with Crippen LogP contribution in [-0.4, -0.2) is 66.9 Å². The van der Waals surface area contributed by atoms with Gasteiger partial charge in [0.05, 0.1) is 25.8 Å². The van der Waals surface area contributed by atoms with Crippen LogP contribution in [0, 0.1) is 0 Å². The van der Waals surface area contributed by atoms with Crippen molar-refractivity contribution in [3.8, 4) is 5.75 Å². The Hall–Kier alpha value is -3.43. The molecule has 0 spiro atoms. The van der Waals surface area contributed by atoms with Crippen LogP contribution >= 0.6 is 0 Å². The first-order valence-corrected chi connectivity index (χ1v) is 10.5. The zero-order valence-electron chi connectivity index (χ0n) is 18.3. The number of benzene rings is 1. The van der Waals surface area contributed by atoms with Crippen molar-refractivity contribution in [1.82, 2.24) is 14.5 Å². The van der Waals surface area contributed by atoms with Gasteiger partial charge in [0.25, 0.3) is 11.5 Å². The molecule has 0 saturated carbocycles. The van der Waals surface area contributed by atoms with Crippen molar-refractivity contribution >= 4 is 28.3 Å². The number of hydrogen-bond acceptors (Lipinski definition) is 7. The molecule has 1 aliphatic rings. The predicted octanol–water partition coefficient (Wildman–Crippen LogP) is 1.94. The van der Waals surface area contributed by atoms with Crippen LogP contribution in [0.5, 0.6) is 5.75 Å². The number of amides is 1. The van der Waals surface area contributed by atoms with Crippen LogP contribution in [0.4, 0.5) is 11.5 Å². The van der Waals surface area contributed by atoms with E-state index in [-0.39, 0.29) is 17.2 Å². The summed E-state index contributed by atoms with van der Waals surface area (Å²) in [5.41, 5.74) is 1.05. The molecule has 1 fully saturated rings. The van der Waals surface area contributed by atoms with Gasteiger partial charge in [-0.3, -0.25) is 14.5 Å². The molecule has 4 rings (SSSR count). The predicted molar refractivity (Wildman–Crippen MR) is 124 cm³/mol. The van der Waals surface area contributed by atoms with Gasteiger partial charge in [0.1, 0.15) is 17.3 Å². The highest BCUT2D eigenvalue weighted by Crippen LogP contribution is 2.19. The van der Waals surface area contributed by atoms with E-state index < -0.39 is 0 Å². The molecule has 1 aliphatic heterocycles. The number of rotatable bonds is 7. The molecule has 0 radical (unpaired) electrons. The van der Waals surface area contributed by atoms with E-state index in [0.29, 0.717) is 17.1 Å². The summed E-state index contributed by atoms with van der Waals surface area (Å²) in [6, 6.07) is 10.3. The minimum Gasteiger partial charge on any atom is -0.497 e. The third-order valence-corrected chi connectivity index (χ3v) is 5.53. The fraction of sp³-hybridized carbons (Fsp3) is 0.348. The second-order valence-electron chi connectivity index (χ2n) is 7.62. The van der Waals surface area contributed by atoms with Crippen molar-refractivity contribution in [2.75, 3.05) is 57.1 Å². The molecule has 1 amide bonds. The second kappa shape index (κ2) is 9.80. The largest absolute Gasteiger partial charge is 0.497 e. The average molecular weight is 438 g/mol. The number of anilines is 2. The zero-order valence-corrected chi connectivity index (χ0v) is 18.3. The summed E-state index contributed by atoms with van der Waals surface area (Å²) >= 11 is 0. The molecule has 3 aromatic rings. The van der Waals surface area contributed by atoms with Gasteiger partial charge in [-0.1, -0.05) is 6.07 Å². The number of carbonyl (C=O) groups is 1. The SMILES string of the molecule is COc1cccc(C(=O)Nc2cc3cnc(NCCN4CCOCC4)cc3n(C)c2=O)c1. The summed E-state index contributed by atoms with van der Waals surface area (Å²) in [4.78, 5) is 32.3. The Morgan fingerprint density at radius 1 is 1.22 bits per heavy atom. The molecule has 2 aromatic heterocycles. The lowest BCUT2D eigenvalue weighted by Gasteiger charge is -2.26. The quantitative estimate of drug-likeness (QED) is 0.583. The number of ether oxygens (including phenoxy) is 2. The molecule has 9 heteroatoms. The summed E-state index contributed by atoms with van der Waals surface area (Å²) in [5.74, 6) is 0.894. The van der Waals surface area contributed by atoms with Crippen LogP contribution < -0.4 is 20.9 Å². The van der Waals surface area contributed by atoms with Crippen molar-refractivity contribution in [2.24, 2.45) is 7.05 Å². The van der Waals surface area contributed by atoms with Crippen molar-refractivity contribution in [1.29, 1.82) is 0 Å². The Balaban J connectivity index is 1.49. The van der Waals surface area contributed by atoms with E-state index in [1.165, 1.54) is 11.7 Å².